The van der Waals surface area contributed by atoms with Crippen LogP contribution in [0.25, 0.3) is 0 Å². The van der Waals surface area contributed by atoms with Gasteiger partial charge in [-0.25, -0.2) is 8.42 Å². The summed E-state index contributed by atoms with van der Waals surface area (Å²) < 4.78 is 22.9. The fourth-order valence-electron chi connectivity index (χ4n) is 2.36. The highest BCUT2D eigenvalue weighted by molar-refractivity contribution is 7.91. The third kappa shape index (κ3) is 3.73. The Morgan fingerprint density at radius 1 is 1.35 bits per heavy atom. The first kappa shape index (κ1) is 15.3. The van der Waals surface area contributed by atoms with E-state index in [1.54, 1.807) is 0 Å². The van der Waals surface area contributed by atoms with Gasteiger partial charge in [0.15, 0.2) is 9.84 Å². The number of nitrogens with one attached hydrogen (secondary N) is 1. The Bertz CT molecular complexity index is 627. The summed E-state index contributed by atoms with van der Waals surface area (Å²) in [6.07, 6.45) is 0.244. The minimum atomic E-state index is -3.12. The molecule has 1 aromatic rings. The molecule has 1 aromatic carbocycles. The van der Waals surface area contributed by atoms with E-state index in [-0.39, 0.29) is 23.8 Å². The van der Waals surface area contributed by atoms with Gasteiger partial charge in [0.1, 0.15) is 0 Å². The van der Waals surface area contributed by atoms with Gasteiger partial charge in [-0.15, -0.1) is 11.6 Å². The minimum Gasteiger partial charge on any atom is -0.351 e. The van der Waals surface area contributed by atoms with Crippen molar-refractivity contribution in [1.29, 1.82) is 0 Å². The van der Waals surface area contributed by atoms with E-state index in [1.165, 1.54) is 0 Å². The molecule has 20 heavy (non-hydrogen) atoms. The SMILES string of the molecule is Cc1ccc(C)c(CC(=O)NC2CS(=O)(=O)CC2Cl)c1. The Hall–Kier alpha value is -1.07. The summed E-state index contributed by atoms with van der Waals surface area (Å²) in [5.41, 5.74) is 3.10. The first-order chi connectivity index (χ1) is 9.27. The quantitative estimate of drug-likeness (QED) is 0.857. The number of carbonyl (C=O) groups is 1. The zero-order valence-electron chi connectivity index (χ0n) is 11.5. The second-order valence-corrected chi connectivity index (χ2v) is 8.09. The average Bonchev–Trinajstić information content (AvgIpc) is 2.57. The summed E-state index contributed by atoms with van der Waals surface area (Å²) in [6, 6.07) is 5.45. The van der Waals surface area contributed by atoms with Crippen LogP contribution in [0.15, 0.2) is 18.2 Å². The van der Waals surface area contributed by atoms with Crippen molar-refractivity contribution in [2.75, 3.05) is 11.5 Å². The van der Waals surface area contributed by atoms with E-state index >= 15 is 0 Å². The number of benzene rings is 1. The summed E-state index contributed by atoms with van der Waals surface area (Å²) in [6.45, 7) is 3.92. The smallest absolute Gasteiger partial charge is 0.224 e. The van der Waals surface area contributed by atoms with Crippen LogP contribution in [0.2, 0.25) is 0 Å². The molecule has 0 bridgehead atoms. The monoisotopic (exact) mass is 315 g/mol. The van der Waals surface area contributed by atoms with Crippen molar-refractivity contribution in [3.63, 3.8) is 0 Å². The fourth-order valence-corrected chi connectivity index (χ4v) is 4.91. The summed E-state index contributed by atoms with van der Waals surface area (Å²) in [5.74, 6) is -0.325. The van der Waals surface area contributed by atoms with Crippen LogP contribution in [-0.2, 0) is 21.1 Å². The number of aryl methyl sites for hydroxylation is 2. The topological polar surface area (TPSA) is 63.2 Å². The fraction of sp³-hybridized carbons (Fsp3) is 0.500. The number of amides is 1. The van der Waals surface area contributed by atoms with Gasteiger partial charge < -0.3 is 5.32 Å². The maximum atomic E-state index is 12.0. The van der Waals surface area contributed by atoms with Crippen LogP contribution in [0.3, 0.4) is 0 Å². The van der Waals surface area contributed by atoms with Gasteiger partial charge in [-0.2, -0.15) is 0 Å². The molecule has 0 aliphatic carbocycles. The van der Waals surface area contributed by atoms with E-state index in [4.69, 9.17) is 11.6 Å². The number of halogens is 1. The molecule has 2 unspecified atom stereocenters. The maximum Gasteiger partial charge on any atom is 0.224 e. The van der Waals surface area contributed by atoms with Crippen LogP contribution < -0.4 is 5.32 Å². The number of hydrogen-bond donors (Lipinski definition) is 1. The number of hydrogen-bond acceptors (Lipinski definition) is 3. The highest BCUT2D eigenvalue weighted by atomic mass is 35.5. The predicted molar refractivity (Wildman–Crippen MR) is 79.8 cm³/mol. The van der Waals surface area contributed by atoms with Gasteiger partial charge in [0, 0.05) is 0 Å². The zero-order chi connectivity index (χ0) is 14.9. The van der Waals surface area contributed by atoms with Crippen molar-refractivity contribution in [1.82, 2.24) is 5.32 Å². The van der Waals surface area contributed by atoms with Crippen LogP contribution in [-0.4, -0.2) is 37.2 Å². The van der Waals surface area contributed by atoms with Crippen LogP contribution in [0.1, 0.15) is 16.7 Å². The van der Waals surface area contributed by atoms with Crippen LogP contribution in [0.4, 0.5) is 0 Å². The molecule has 0 spiro atoms. The van der Waals surface area contributed by atoms with Crippen LogP contribution in [0.5, 0.6) is 0 Å². The van der Waals surface area contributed by atoms with Crippen molar-refractivity contribution in [3.05, 3.63) is 34.9 Å². The minimum absolute atomic E-state index is 0.0665. The molecule has 6 heteroatoms. The molecule has 2 atom stereocenters. The van der Waals surface area contributed by atoms with Crippen LogP contribution >= 0.6 is 11.6 Å². The normalized spacial score (nSPS) is 24.6. The highest BCUT2D eigenvalue weighted by Crippen LogP contribution is 2.18. The lowest BCUT2D eigenvalue weighted by atomic mass is 10.0. The van der Waals surface area contributed by atoms with E-state index in [1.807, 2.05) is 32.0 Å². The maximum absolute atomic E-state index is 12.0. The molecule has 0 saturated carbocycles. The average molecular weight is 316 g/mol. The van der Waals surface area contributed by atoms with Gasteiger partial charge in [-0.3, -0.25) is 4.79 Å². The summed E-state index contributed by atoms with van der Waals surface area (Å²) in [4.78, 5) is 12.0. The van der Waals surface area contributed by atoms with Gasteiger partial charge >= 0.3 is 0 Å². The molecule has 1 N–H and O–H groups in total. The molecule has 1 fully saturated rings. The second kappa shape index (κ2) is 5.74. The van der Waals surface area contributed by atoms with Crippen molar-refractivity contribution in [2.24, 2.45) is 0 Å². The van der Waals surface area contributed by atoms with Gasteiger partial charge in [-0.1, -0.05) is 23.8 Å². The standard InChI is InChI=1S/C14H18ClNO3S/c1-9-3-4-10(2)11(5-9)6-14(17)16-13-8-20(18,19)7-12(13)15/h3-5,12-13H,6-8H2,1-2H3,(H,16,17). The number of carbonyl (C=O) groups excluding carboxylic acids is 1. The van der Waals surface area contributed by atoms with Gasteiger partial charge in [0.05, 0.1) is 29.3 Å². The van der Waals surface area contributed by atoms with Gasteiger partial charge in [0.25, 0.3) is 0 Å². The molecule has 1 aliphatic rings. The molecular weight excluding hydrogens is 298 g/mol. The van der Waals surface area contributed by atoms with Crippen molar-refractivity contribution in [3.8, 4) is 0 Å². The van der Waals surface area contributed by atoms with E-state index < -0.39 is 21.3 Å². The molecular formula is C14H18ClNO3S. The largest absolute Gasteiger partial charge is 0.351 e. The van der Waals surface area contributed by atoms with Gasteiger partial charge in [-0.05, 0) is 25.0 Å². The molecule has 0 radical (unpaired) electrons. The molecule has 1 amide bonds. The van der Waals surface area contributed by atoms with E-state index in [0.29, 0.717) is 0 Å². The Morgan fingerprint density at radius 2 is 2.05 bits per heavy atom. The molecule has 4 nitrogen and oxygen atoms in total. The second-order valence-electron chi connectivity index (χ2n) is 5.37. The highest BCUT2D eigenvalue weighted by Gasteiger charge is 2.37. The Labute approximate surface area is 124 Å². The lowest BCUT2D eigenvalue weighted by Gasteiger charge is -2.15. The van der Waals surface area contributed by atoms with Crippen molar-refractivity contribution < 1.29 is 13.2 Å². The molecule has 0 aromatic heterocycles. The van der Waals surface area contributed by atoms with Crippen molar-refractivity contribution >= 4 is 27.3 Å². The molecule has 1 saturated heterocycles. The predicted octanol–water partition coefficient (Wildman–Crippen LogP) is 1.37. The van der Waals surface area contributed by atoms with E-state index in [9.17, 15) is 13.2 Å². The first-order valence-corrected chi connectivity index (χ1v) is 8.72. The first-order valence-electron chi connectivity index (χ1n) is 6.47. The third-order valence-electron chi connectivity index (χ3n) is 3.49. The molecule has 1 aliphatic heterocycles. The molecule has 1 heterocycles. The van der Waals surface area contributed by atoms with Crippen molar-refractivity contribution in [2.45, 2.75) is 31.7 Å². The summed E-state index contributed by atoms with van der Waals surface area (Å²) >= 11 is 5.97. The molecule has 2 rings (SSSR count). The number of sulfone groups is 1. The Balaban J connectivity index is 2.01. The van der Waals surface area contributed by atoms with Gasteiger partial charge in [0.2, 0.25) is 5.91 Å². The van der Waals surface area contributed by atoms with Crippen LogP contribution in [0, 0.1) is 13.8 Å². The lowest BCUT2D eigenvalue weighted by Crippen LogP contribution is -2.41. The van der Waals surface area contributed by atoms with E-state index in [0.717, 1.165) is 16.7 Å². The molecule has 110 valence electrons. The summed E-state index contributed by atoms with van der Waals surface area (Å²) in [7, 11) is -3.12. The number of alkyl halides is 1. The Kier molecular flexibility index (Phi) is 4.39. The summed E-state index contributed by atoms with van der Waals surface area (Å²) in [5, 5.41) is 2.19. The zero-order valence-corrected chi connectivity index (χ0v) is 13.1. The number of rotatable bonds is 3. The lowest BCUT2D eigenvalue weighted by molar-refractivity contribution is -0.120. The Morgan fingerprint density at radius 3 is 2.65 bits per heavy atom. The third-order valence-corrected chi connectivity index (χ3v) is 5.86. The van der Waals surface area contributed by atoms with E-state index in [2.05, 4.69) is 5.32 Å².